The minimum Gasteiger partial charge on any atom is -0.328 e. The zero-order chi connectivity index (χ0) is 14.8. The van der Waals surface area contributed by atoms with Crippen molar-refractivity contribution in [1.82, 2.24) is 14.9 Å². The molecule has 106 valence electrons. The summed E-state index contributed by atoms with van der Waals surface area (Å²) >= 11 is 0. The molecule has 2 unspecified atom stereocenters. The lowest BCUT2D eigenvalue weighted by Gasteiger charge is -2.29. The number of rotatable bonds is 5. The van der Waals surface area contributed by atoms with Crippen LogP contribution >= 0.6 is 0 Å². The molecule has 4 nitrogen and oxygen atoms in total. The zero-order valence-electron chi connectivity index (χ0n) is 12.6. The van der Waals surface area contributed by atoms with Crippen molar-refractivity contribution < 1.29 is 0 Å². The van der Waals surface area contributed by atoms with Crippen molar-refractivity contribution in [3.63, 3.8) is 0 Å². The second kappa shape index (κ2) is 5.64. The predicted molar refractivity (Wildman–Crippen MR) is 81.4 cm³/mol. The second-order valence-corrected chi connectivity index (χ2v) is 5.94. The molecule has 1 aromatic heterocycles. The van der Waals surface area contributed by atoms with Crippen molar-refractivity contribution in [2.45, 2.75) is 51.7 Å². The maximum absolute atomic E-state index is 9.46. The van der Waals surface area contributed by atoms with Crippen molar-refractivity contribution >= 4 is 11.0 Å². The zero-order valence-corrected chi connectivity index (χ0v) is 12.6. The monoisotopic (exact) mass is 270 g/mol. The molecule has 20 heavy (non-hydrogen) atoms. The third-order valence-electron chi connectivity index (χ3n) is 3.51. The van der Waals surface area contributed by atoms with Crippen LogP contribution in [0.25, 0.3) is 11.0 Å². The first-order chi connectivity index (χ1) is 9.45. The molecule has 4 heteroatoms. The van der Waals surface area contributed by atoms with Gasteiger partial charge in [0.1, 0.15) is 5.54 Å². The smallest absolute Gasteiger partial charge is 0.106 e. The van der Waals surface area contributed by atoms with Gasteiger partial charge in [0.15, 0.2) is 0 Å². The highest BCUT2D eigenvalue weighted by Crippen LogP contribution is 2.24. The van der Waals surface area contributed by atoms with Gasteiger partial charge < -0.3 is 4.57 Å². The van der Waals surface area contributed by atoms with E-state index in [2.05, 4.69) is 47.8 Å². The molecule has 0 spiro atoms. The molecule has 0 aliphatic heterocycles. The Hall–Kier alpha value is -1.86. The molecule has 0 radical (unpaired) electrons. The lowest BCUT2D eigenvalue weighted by atomic mass is 9.94. The maximum atomic E-state index is 9.46. The SMILES string of the molecule is CC(C)NC(C)(C#N)CC(C)n1cnc2ccccc21. The number of para-hydroxylation sites is 2. The van der Waals surface area contributed by atoms with E-state index in [4.69, 9.17) is 0 Å². The van der Waals surface area contributed by atoms with E-state index < -0.39 is 5.54 Å². The normalized spacial score (nSPS) is 16.0. The van der Waals surface area contributed by atoms with Crippen LogP contribution in [0.2, 0.25) is 0 Å². The van der Waals surface area contributed by atoms with E-state index in [9.17, 15) is 5.26 Å². The van der Waals surface area contributed by atoms with Gasteiger partial charge in [0.25, 0.3) is 0 Å². The summed E-state index contributed by atoms with van der Waals surface area (Å²) in [7, 11) is 0. The van der Waals surface area contributed by atoms with Gasteiger partial charge >= 0.3 is 0 Å². The minimum absolute atomic E-state index is 0.207. The molecule has 0 saturated carbocycles. The summed E-state index contributed by atoms with van der Waals surface area (Å²) in [6.45, 7) is 8.22. The molecule has 0 bridgehead atoms. The van der Waals surface area contributed by atoms with E-state index >= 15 is 0 Å². The molecule has 0 saturated heterocycles. The third kappa shape index (κ3) is 3.00. The number of hydrogen-bond acceptors (Lipinski definition) is 3. The van der Waals surface area contributed by atoms with Gasteiger partial charge in [-0.15, -0.1) is 0 Å². The molecule has 0 aliphatic rings. The van der Waals surface area contributed by atoms with E-state index in [1.165, 1.54) is 0 Å². The largest absolute Gasteiger partial charge is 0.328 e. The van der Waals surface area contributed by atoms with Gasteiger partial charge in [-0.05, 0) is 46.2 Å². The number of imidazole rings is 1. The second-order valence-electron chi connectivity index (χ2n) is 5.94. The Balaban J connectivity index is 2.23. The third-order valence-corrected chi connectivity index (χ3v) is 3.51. The first-order valence-corrected chi connectivity index (χ1v) is 7.06. The number of benzene rings is 1. The van der Waals surface area contributed by atoms with Crippen molar-refractivity contribution in [2.75, 3.05) is 0 Å². The first kappa shape index (κ1) is 14.5. The van der Waals surface area contributed by atoms with E-state index in [0.717, 1.165) is 17.5 Å². The van der Waals surface area contributed by atoms with Crippen molar-refractivity contribution in [3.8, 4) is 6.07 Å². The Morgan fingerprint density at radius 1 is 1.35 bits per heavy atom. The first-order valence-electron chi connectivity index (χ1n) is 7.06. The van der Waals surface area contributed by atoms with Gasteiger partial charge in [0.05, 0.1) is 23.4 Å². The summed E-state index contributed by atoms with van der Waals surface area (Å²) in [6, 6.07) is 11.0. The summed E-state index contributed by atoms with van der Waals surface area (Å²) in [5, 5.41) is 12.8. The lowest BCUT2D eigenvalue weighted by molar-refractivity contribution is 0.329. The van der Waals surface area contributed by atoms with Gasteiger partial charge in [-0.1, -0.05) is 12.1 Å². The number of fused-ring (bicyclic) bond motifs is 1. The summed E-state index contributed by atoms with van der Waals surface area (Å²) in [5.74, 6) is 0. The van der Waals surface area contributed by atoms with Crippen LogP contribution in [0.1, 0.15) is 40.2 Å². The fourth-order valence-electron chi connectivity index (χ4n) is 2.79. The van der Waals surface area contributed by atoms with Gasteiger partial charge in [-0.2, -0.15) is 5.26 Å². The Morgan fingerprint density at radius 2 is 2.05 bits per heavy atom. The van der Waals surface area contributed by atoms with Gasteiger partial charge in [0.2, 0.25) is 0 Å². The van der Waals surface area contributed by atoms with Crippen LogP contribution in [0.3, 0.4) is 0 Å². The Kier molecular flexibility index (Phi) is 4.10. The van der Waals surface area contributed by atoms with Crippen LogP contribution in [-0.4, -0.2) is 21.1 Å². The Bertz CT molecular complexity index is 623. The van der Waals surface area contributed by atoms with Crippen molar-refractivity contribution in [1.29, 1.82) is 5.26 Å². The van der Waals surface area contributed by atoms with Gasteiger partial charge in [-0.3, -0.25) is 5.32 Å². The molecular weight excluding hydrogens is 248 g/mol. The van der Waals surface area contributed by atoms with E-state index in [1.54, 1.807) is 0 Å². The van der Waals surface area contributed by atoms with Crippen LogP contribution in [0.5, 0.6) is 0 Å². The Morgan fingerprint density at radius 3 is 2.70 bits per heavy atom. The fourth-order valence-corrected chi connectivity index (χ4v) is 2.79. The molecule has 1 heterocycles. The predicted octanol–water partition coefficient (Wildman–Crippen LogP) is 3.27. The van der Waals surface area contributed by atoms with Crippen LogP contribution in [0, 0.1) is 11.3 Å². The molecule has 0 fully saturated rings. The van der Waals surface area contributed by atoms with E-state index in [1.807, 2.05) is 31.5 Å². The topological polar surface area (TPSA) is 53.6 Å². The van der Waals surface area contributed by atoms with Crippen molar-refractivity contribution in [3.05, 3.63) is 30.6 Å². The molecule has 0 amide bonds. The molecule has 0 aliphatic carbocycles. The summed E-state index contributed by atoms with van der Waals surface area (Å²) < 4.78 is 2.15. The standard InChI is InChI=1S/C16H22N4/c1-12(2)19-16(4,10-17)9-13(3)20-11-18-14-7-5-6-8-15(14)20/h5-8,11-13,19H,9H2,1-4H3. The lowest BCUT2D eigenvalue weighted by Crippen LogP contribution is -2.46. The number of aromatic nitrogens is 2. The molecule has 2 aromatic rings. The van der Waals surface area contributed by atoms with Crippen LogP contribution in [0.4, 0.5) is 0 Å². The average Bonchev–Trinajstić information content (AvgIpc) is 2.81. The number of nitrogens with zero attached hydrogens (tertiary/aromatic N) is 3. The highest BCUT2D eigenvalue weighted by molar-refractivity contribution is 5.75. The van der Waals surface area contributed by atoms with Crippen LogP contribution < -0.4 is 5.32 Å². The summed E-state index contributed by atoms with van der Waals surface area (Å²) in [4.78, 5) is 4.42. The fraction of sp³-hybridized carbons (Fsp3) is 0.500. The van der Waals surface area contributed by atoms with Gasteiger partial charge in [0, 0.05) is 12.1 Å². The minimum atomic E-state index is -0.529. The Labute approximate surface area is 120 Å². The molecule has 2 rings (SSSR count). The molecular formula is C16H22N4. The van der Waals surface area contributed by atoms with E-state index in [0.29, 0.717) is 0 Å². The summed E-state index contributed by atoms with van der Waals surface area (Å²) in [5.41, 5.74) is 1.58. The average molecular weight is 270 g/mol. The number of nitrogens with one attached hydrogen (secondary N) is 1. The van der Waals surface area contributed by atoms with Crippen LogP contribution in [0.15, 0.2) is 30.6 Å². The maximum Gasteiger partial charge on any atom is 0.106 e. The van der Waals surface area contributed by atoms with Crippen molar-refractivity contribution in [2.24, 2.45) is 0 Å². The molecule has 1 aromatic carbocycles. The number of hydrogen-bond donors (Lipinski definition) is 1. The van der Waals surface area contributed by atoms with Gasteiger partial charge in [-0.25, -0.2) is 4.98 Å². The van der Waals surface area contributed by atoms with E-state index in [-0.39, 0.29) is 12.1 Å². The van der Waals surface area contributed by atoms with Crippen LogP contribution in [-0.2, 0) is 0 Å². The number of nitriles is 1. The summed E-state index contributed by atoms with van der Waals surface area (Å²) in [6.07, 6.45) is 2.60. The quantitative estimate of drug-likeness (QED) is 0.907. The molecule has 2 atom stereocenters. The highest BCUT2D eigenvalue weighted by atomic mass is 15.1. The highest BCUT2D eigenvalue weighted by Gasteiger charge is 2.27. The molecule has 1 N–H and O–H groups in total.